The molecule has 0 saturated heterocycles. The van der Waals surface area contributed by atoms with Crippen LogP contribution in [-0.2, 0) is 6.54 Å². The van der Waals surface area contributed by atoms with E-state index in [9.17, 15) is 4.79 Å². The Bertz CT molecular complexity index is 368. The predicted molar refractivity (Wildman–Crippen MR) is 63.7 cm³/mol. The normalized spacial score (nSPS) is 13.1. The summed E-state index contributed by atoms with van der Waals surface area (Å²) >= 11 is 0. The maximum Gasteiger partial charge on any atom is 0.273 e. The standard InChI is InChI=1S/C12H20N2O/c1-9(2)7-10(3)8-14-6-4-5-11(13)12(14)15/h4-6,9-10H,7-8,13H2,1-3H3. The maximum atomic E-state index is 11.6. The number of nitrogens with zero attached hydrogens (tertiary/aromatic N) is 1. The zero-order valence-corrected chi connectivity index (χ0v) is 9.73. The molecule has 1 rings (SSSR count). The molecule has 0 saturated carbocycles. The van der Waals surface area contributed by atoms with E-state index in [0.717, 1.165) is 13.0 Å². The van der Waals surface area contributed by atoms with Crippen molar-refractivity contribution >= 4 is 5.69 Å². The number of anilines is 1. The molecule has 0 radical (unpaired) electrons. The predicted octanol–water partition coefficient (Wildman–Crippen LogP) is 2.11. The first kappa shape index (κ1) is 11.8. The fourth-order valence-electron chi connectivity index (χ4n) is 1.91. The third-order valence-corrected chi connectivity index (χ3v) is 2.43. The van der Waals surface area contributed by atoms with E-state index in [4.69, 9.17) is 5.73 Å². The molecular formula is C12H20N2O. The van der Waals surface area contributed by atoms with Crippen LogP contribution in [0, 0.1) is 11.8 Å². The summed E-state index contributed by atoms with van der Waals surface area (Å²) in [5.41, 5.74) is 5.82. The summed E-state index contributed by atoms with van der Waals surface area (Å²) in [6.45, 7) is 7.30. The summed E-state index contributed by atoms with van der Waals surface area (Å²) in [5.74, 6) is 1.17. The Hall–Kier alpha value is -1.25. The van der Waals surface area contributed by atoms with Crippen LogP contribution in [0.15, 0.2) is 23.1 Å². The number of nitrogen functional groups attached to an aromatic ring is 1. The van der Waals surface area contributed by atoms with Crippen LogP contribution >= 0.6 is 0 Å². The highest BCUT2D eigenvalue weighted by molar-refractivity contribution is 5.33. The smallest absolute Gasteiger partial charge is 0.273 e. The van der Waals surface area contributed by atoms with E-state index in [2.05, 4.69) is 20.8 Å². The van der Waals surface area contributed by atoms with Crippen molar-refractivity contribution < 1.29 is 0 Å². The summed E-state index contributed by atoms with van der Waals surface area (Å²) in [6, 6.07) is 3.46. The Labute approximate surface area is 90.9 Å². The second-order valence-corrected chi connectivity index (χ2v) is 4.66. The molecule has 0 fully saturated rings. The molecule has 1 atom stereocenters. The van der Waals surface area contributed by atoms with Crippen LogP contribution in [0.5, 0.6) is 0 Å². The SMILES string of the molecule is CC(C)CC(C)Cn1cccc(N)c1=O. The van der Waals surface area contributed by atoms with Gasteiger partial charge in [-0.2, -0.15) is 0 Å². The van der Waals surface area contributed by atoms with E-state index in [1.165, 1.54) is 0 Å². The number of hydrogen-bond acceptors (Lipinski definition) is 2. The topological polar surface area (TPSA) is 48.0 Å². The van der Waals surface area contributed by atoms with E-state index in [1.807, 2.05) is 6.07 Å². The number of aromatic nitrogens is 1. The number of hydrogen-bond donors (Lipinski definition) is 1. The first-order valence-corrected chi connectivity index (χ1v) is 5.45. The molecule has 0 aromatic carbocycles. The first-order chi connectivity index (χ1) is 7.00. The lowest BCUT2D eigenvalue weighted by Gasteiger charge is -2.15. The summed E-state index contributed by atoms with van der Waals surface area (Å²) in [5, 5.41) is 0. The molecule has 1 aromatic heterocycles. The van der Waals surface area contributed by atoms with Gasteiger partial charge in [0.25, 0.3) is 5.56 Å². The number of pyridine rings is 1. The van der Waals surface area contributed by atoms with E-state index in [0.29, 0.717) is 17.5 Å². The van der Waals surface area contributed by atoms with E-state index >= 15 is 0 Å². The van der Waals surface area contributed by atoms with Crippen molar-refractivity contribution in [3.63, 3.8) is 0 Å². The van der Waals surface area contributed by atoms with Crippen molar-refractivity contribution in [1.29, 1.82) is 0 Å². The highest BCUT2D eigenvalue weighted by Crippen LogP contribution is 2.12. The summed E-state index contributed by atoms with van der Waals surface area (Å²) in [4.78, 5) is 11.6. The molecule has 0 aliphatic carbocycles. The fraction of sp³-hybridized carbons (Fsp3) is 0.583. The third kappa shape index (κ3) is 3.42. The molecule has 0 amide bonds. The number of nitrogens with two attached hydrogens (primary N) is 1. The maximum absolute atomic E-state index is 11.6. The van der Waals surface area contributed by atoms with Gasteiger partial charge in [-0.15, -0.1) is 0 Å². The van der Waals surface area contributed by atoms with Crippen LogP contribution in [0.4, 0.5) is 5.69 Å². The average molecular weight is 208 g/mol. The Morgan fingerprint density at radius 2 is 2.07 bits per heavy atom. The van der Waals surface area contributed by atoms with Crippen LogP contribution in [0.3, 0.4) is 0 Å². The Morgan fingerprint density at radius 1 is 1.40 bits per heavy atom. The zero-order chi connectivity index (χ0) is 11.4. The lowest BCUT2D eigenvalue weighted by atomic mass is 9.99. The summed E-state index contributed by atoms with van der Waals surface area (Å²) in [7, 11) is 0. The summed E-state index contributed by atoms with van der Waals surface area (Å²) in [6.07, 6.45) is 2.93. The lowest BCUT2D eigenvalue weighted by molar-refractivity contribution is 0.385. The molecule has 0 aliphatic heterocycles. The van der Waals surface area contributed by atoms with Gasteiger partial charge in [0, 0.05) is 12.7 Å². The Kier molecular flexibility index (Phi) is 3.95. The van der Waals surface area contributed by atoms with Gasteiger partial charge in [0.2, 0.25) is 0 Å². The lowest BCUT2D eigenvalue weighted by Crippen LogP contribution is -2.25. The van der Waals surface area contributed by atoms with Crippen LogP contribution < -0.4 is 11.3 Å². The van der Waals surface area contributed by atoms with Crippen LogP contribution in [0.2, 0.25) is 0 Å². The van der Waals surface area contributed by atoms with Gasteiger partial charge in [0.15, 0.2) is 0 Å². The van der Waals surface area contributed by atoms with Gasteiger partial charge in [0.1, 0.15) is 0 Å². The first-order valence-electron chi connectivity index (χ1n) is 5.45. The average Bonchev–Trinajstić information content (AvgIpc) is 2.11. The molecule has 0 aliphatic rings. The van der Waals surface area contributed by atoms with E-state index in [-0.39, 0.29) is 5.56 Å². The van der Waals surface area contributed by atoms with Crippen molar-refractivity contribution in [3.8, 4) is 0 Å². The van der Waals surface area contributed by atoms with Gasteiger partial charge in [-0.05, 0) is 30.4 Å². The van der Waals surface area contributed by atoms with Gasteiger partial charge >= 0.3 is 0 Å². The molecule has 0 bridgehead atoms. The molecule has 3 heteroatoms. The zero-order valence-electron chi connectivity index (χ0n) is 9.73. The van der Waals surface area contributed by atoms with Gasteiger partial charge < -0.3 is 10.3 Å². The van der Waals surface area contributed by atoms with Gasteiger partial charge in [-0.3, -0.25) is 4.79 Å². The van der Waals surface area contributed by atoms with Gasteiger partial charge in [-0.25, -0.2) is 0 Å². The Balaban J connectivity index is 2.73. The molecule has 84 valence electrons. The minimum Gasteiger partial charge on any atom is -0.394 e. The Morgan fingerprint density at radius 3 is 2.67 bits per heavy atom. The molecule has 3 nitrogen and oxygen atoms in total. The van der Waals surface area contributed by atoms with Crippen LogP contribution in [0.1, 0.15) is 27.2 Å². The fourth-order valence-corrected chi connectivity index (χ4v) is 1.91. The monoisotopic (exact) mass is 208 g/mol. The minimum absolute atomic E-state index is 0.0758. The van der Waals surface area contributed by atoms with E-state index in [1.54, 1.807) is 16.8 Å². The molecule has 1 unspecified atom stereocenters. The molecule has 15 heavy (non-hydrogen) atoms. The van der Waals surface area contributed by atoms with Crippen LogP contribution in [0.25, 0.3) is 0 Å². The molecule has 1 aromatic rings. The van der Waals surface area contributed by atoms with Gasteiger partial charge in [-0.1, -0.05) is 20.8 Å². The minimum atomic E-state index is -0.0758. The van der Waals surface area contributed by atoms with Crippen molar-refractivity contribution in [2.24, 2.45) is 11.8 Å². The quantitative estimate of drug-likeness (QED) is 0.823. The highest BCUT2D eigenvalue weighted by Gasteiger charge is 2.07. The van der Waals surface area contributed by atoms with E-state index < -0.39 is 0 Å². The molecular weight excluding hydrogens is 188 g/mol. The summed E-state index contributed by atoms with van der Waals surface area (Å²) < 4.78 is 1.70. The third-order valence-electron chi connectivity index (χ3n) is 2.43. The van der Waals surface area contributed by atoms with Crippen molar-refractivity contribution in [2.45, 2.75) is 33.7 Å². The van der Waals surface area contributed by atoms with Gasteiger partial charge in [0.05, 0.1) is 5.69 Å². The van der Waals surface area contributed by atoms with Crippen molar-refractivity contribution in [3.05, 3.63) is 28.7 Å². The number of rotatable bonds is 4. The second kappa shape index (κ2) is 5.01. The van der Waals surface area contributed by atoms with Crippen molar-refractivity contribution in [2.75, 3.05) is 5.73 Å². The largest absolute Gasteiger partial charge is 0.394 e. The van der Waals surface area contributed by atoms with Crippen LogP contribution in [-0.4, -0.2) is 4.57 Å². The highest BCUT2D eigenvalue weighted by atomic mass is 16.1. The van der Waals surface area contributed by atoms with Crippen molar-refractivity contribution in [1.82, 2.24) is 4.57 Å². The second-order valence-electron chi connectivity index (χ2n) is 4.66. The molecule has 1 heterocycles. The molecule has 0 spiro atoms. The molecule has 2 N–H and O–H groups in total.